The zero-order chi connectivity index (χ0) is 14.5. The fourth-order valence-electron chi connectivity index (χ4n) is 2.25. The second-order valence-electron chi connectivity index (χ2n) is 4.79. The highest BCUT2D eigenvalue weighted by Gasteiger charge is 2.25. The maximum atomic E-state index is 12.1. The van der Waals surface area contributed by atoms with Crippen molar-refractivity contribution < 1.29 is 14.3 Å². The molecule has 1 aromatic rings. The minimum atomic E-state index is -0.420. The first-order valence-corrected chi connectivity index (χ1v) is 7.23. The van der Waals surface area contributed by atoms with E-state index >= 15 is 0 Å². The van der Waals surface area contributed by atoms with E-state index in [9.17, 15) is 9.59 Å². The molecule has 1 aliphatic rings. The smallest absolute Gasteiger partial charge is 0.407 e. The molecule has 108 valence electrons. The van der Waals surface area contributed by atoms with Gasteiger partial charge in [0.25, 0.3) is 0 Å². The van der Waals surface area contributed by atoms with Crippen molar-refractivity contribution in [3.63, 3.8) is 0 Å². The van der Waals surface area contributed by atoms with Gasteiger partial charge in [-0.25, -0.2) is 4.79 Å². The summed E-state index contributed by atoms with van der Waals surface area (Å²) >= 11 is 3.35. The Bertz CT molecular complexity index is 490. The fraction of sp³-hybridized carbons (Fsp3) is 0.429. The number of rotatable bonds is 4. The normalized spacial score (nSPS) is 18.8. The van der Waals surface area contributed by atoms with Gasteiger partial charge in [-0.05, 0) is 18.6 Å². The molecule has 6 heteroatoms. The minimum absolute atomic E-state index is 0.0557. The summed E-state index contributed by atoms with van der Waals surface area (Å²) in [6.45, 7) is 1.86. The summed E-state index contributed by atoms with van der Waals surface area (Å²) in [6.07, 6.45) is 0.416. The summed E-state index contributed by atoms with van der Waals surface area (Å²) in [5.41, 5.74) is 0.706. The first-order valence-electron chi connectivity index (χ1n) is 6.44. The van der Waals surface area contributed by atoms with Crippen LogP contribution in [0.5, 0.6) is 0 Å². The van der Waals surface area contributed by atoms with Gasteiger partial charge in [0.1, 0.15) is 0 Å². The molecule has 0 radical (unpaired) electrons. The molecular formula is C14H17BrN2O3. The number of amides is 1. The van der Waals surface area contributed by atoms with Gasteiger partial charge in [0, 0.05) is 29.2 Å². The molecule has 1 aliphatic heterocycles. The first-order chi connectivity index (χ1) is 9.58. The zero-order valence-corrected chi connectivity index (χ0v) is 12.9. The number of Topliss-reactive ketones (excluding diaryl/α,β-unsaturated/α-hetero) is 1. The Balaban J connectivity index is 1.84. The summed E-state index contributed by atoms with van der Waals surface area (Å²) < 4.78 is 5.53. The van der Waals surface area contributed by atoms with Gasteiger partial charge in [0.2, 0.25) is 0 Å². The molecule has 0 aromatic heterocycles. The van der Waals surface area contributed by atoms with Gasteiger partial charge in [-0.2, -0.15) is 0 Å². The van der Waals surface area contributed by atoms with E-state index in [4.69, 9.17) is 0 Å². The monoisotopic (exact) mass is 340 g/mol. The van der Waals surface area contributed by atoms with Crippen molar-refractivity contribution >= 4 is 27.8 Å². The lowest BCUT2D eigenvalue weighted by Crippen LogP contribution is -2.37. The summed E-state index contributed by atoms with van der Waals surface area (Å²) in [6, 6.07) is 7.40. The minimum Gasteiger partial charge on any atom is -0.453 e. The highest BCUT2D eigenvalue weighted by molar-refractivity contribution is 9.10. The van der Waals surface area contributed by atoms with Crippen molar-refractivity contribution in [3.05, 3.63) is 34.3 Å². The number of benzene rings is 1. The quantitative estimate of drug-likeness (QED) is 0.852. The maximum Gasteiger partial charge on any atom is 0.407 e. The molecule has 0 saturated carbocycles. The largest absolute Gasteiger partial charge is 0.453 e. The van der Waals surface area contributed by atoms with Crippen LogP contribution in [0, 0.1) is 0 Å². The number of nitrogens with zero attached hydrogens (tertiary/aromatic N) is 1. The fourth-order valence-corrected chi connectivity index (χ4v) is 2.51. The van der Waals surface area contributed by atoms with Crippen LogP contribution in [0.1, 0.15) is 16.8 Å². The lowest BCUT2D eigenvalue weighted by Gasteiger charge is -2.15. The highest BCUT2D eigenvalue weighted by atomic mass is 79.9. The summed E-state index contributed by atoms with van der Waals surface area (Å²) in [7, 11) is 1.35. The molecule has 1 fully saturated rings. The lowest BCUT2D eigenvalue weighted by molar-refractivity contribution is 0.0944. The number of likely N-dealkylation sites (tertiary alicyclic amines) is 1. The van der Waals surface area contributed by atoms with Gasteiger partial charge in [0.15, 0.2) is 5.78 Å². The predicted octanol–water partition coefficient (Wildman–Crippen LogP) is 2.06. The Morgan fingerprint density at radius 1 is 1.40 bits per heavy atom. The molecule has 1 aromatic carbocycles. The van der Waals surface area contributed by atoms with Gasteiger partial charge in [-0.15, -0.1) is 0 Å². The average Bonchev–Trinajstić information content (AvgIpc) is 2.86. The zero-order valence-electron chi connectivity index (χ0n) is 11.3. The number of hydrogen-bond donors (Lipinski definition) is 1. The Morgan fingerprint density at radius 2 is 2.10 bits per heavy atom. The average molecular weight is 341 g/mol. The molecule has 20 heavy (non-hydrogen) atoms. The molecule has 1 unspecified atom stereocenters. The molecule has 1 atom stereocenters. The van der Waals surface area contributed by atoms with Crippen molar-refractivity contribution in [2.24, 2.45) is 0 Å². The molecule has 5 nitrogen and oxygen atoms in total. The van der Waals surface area contributed by atoms with E-state index in [1.54, 1.807) is 0 Å². The van der Waals surface area contributed by atoms with E-state index in [1.807, 2.05) is 29.2 Å². The SMILES string of the molecule is COC(=O)NC1CCN(CC(=O)c2ccc(Br)cc2)C1. The second-order valence-corrected chi connectivity index (χ2v) is 5.70. The van der Waals surface area contributed by atoms with Crippen LogP contribution in [-0.2, 0) is 4.74 Å². The summed E-state index contributed by atoms with van der Waals surface area (Å²) in [5.74, 6) is 0.0937. The number of carbonyl (C=O) groups is 2. The number of hydrogen-bond acceptors (Lipinski definition) is 4. The topological polar surface area (TPSA) is 58.6 Å². The number of methoxy groups -OCH3 is 1. The van der Waals surface area contributed by atoms with Gasteiger partial charge in [-0.3, -0.25) is 9.69 Å². The maximum absolute atomic E-state index is 12.1. The van der Waals surface area contributed by atoms with E-state index < -0.39 is 6.09 Å². The third-order valence-electron chi connectivity index (χ3n) is 3.31. The van der Waals surface area contributed by atoms with E-state index in [0.29, 0.717) is 18.7 Å². The molecule has 1 heterocycles. The van der Waals surface area contributed by atoms with Crippen molar-refractivity contribution in [3.8, 4) is 0 Å². The van der Waals surface area contributed by atoms with E-state index in [-0.39, 0.29) is 11.8 Å². The van der Waals surface area contributed by atoms with Crippen molar-refractivity contribution in [2.45, 2.75) is 12.5 Å². The molecule has 0 aliphatic carbocycles. The lowest BCUT2D eigenvalue weighted by atomic mass is 10.1. The Kier molecular flexibility index (Phi) is 5.14. The van der Waals surface area contributed by atoms with E-state index in [0.717, 1.165) is 17.4 Å². The summed E-state index contributed by atoms with van der Waals surface area (Å²) in [4.78, 5) is 25.3. The van der Waals surface area contributed by atoms with Crippen LogP contribution < -0.4 is 5.32 Å². The number of ether oxygens (including phenoxy) is 1. The van der Waals surface area contributed by atoms with E-state index in [1.165, 1.54) is 7.11 Å². The van der Waals surface area contributed by atoms with Crippen LogP contribution in [0.2, 0.25) is 0 Å². The molecule has 1 amide bonds. The molecule has 0 spiro atoms. The van der Waals surface area contributed by atoms with Gasteiger partial charge >= 0.3 is 6.09 Å². The van der Waals surface area contributed by atoms with Crippen LogP contribution >= 0.6 is 15.9 Å². The number of nitrogens with one attached hydrogen (secondary N) is 1. The predicted molar refractivity (Wildman–Crippen MR) is 78.9 cm³/mol. The van der Waals surface area contributed by atoms with Gasteiger partial charge < -0.3 is 10.1 Å². The second kappa shape index (κ2) is 6.85. The molecule has 0 bridgehead atoms. The molecule has 1 N–H and O–H groups in total. The van der Waals surface area contributed by atoms with Crippen LogP contribution in [0.3, 0.4) is 0 Å². The Hall–Kier alpha value is -1.40. The van der Waals surface area contributed by atoms with E-state index in [2.05, 4.69) is 26.0 Å². The van der Waals surface area contributed by atoms with Gasteiger partial charge in [0.05, 0.1) is 13.7 Å². The molecular weight excluding hydrogens is 324 g/mol. The van der Waals surface area contributed by atoms with Crippen LogP contribution in [-0.4, -0.2) is 49.6 Å². The third-order valence-corrected chi connectivity index (χ3v) is 3.84. The number of carbonyl (C=O) groups excluding carboxylic acids is 2. The number of ketones is 1. The van der Waals surface area contributed by atoms with Crippen LogP contribution in [0.25, 0.3) is 0 Å². The summed E-state index contributed by atoms with van der Waals surface area (Å²) in [5, 5.41) is 2.76. The molecule has 1 saturated heterocycles. The standard InChI is InChI=1S/C14H17BrN2O3/c1-20-14(19)16-12-6-7-17(8-12)9-13(18)10-2-4-11(15)5-3-10/h2-5,12H,6-9H2,1H3,(H,16,19). The number of alkyl carbamates (subject to hydrolysis) is 1. The van der Waals surface area contributed by atoms with Crippen LogP contribution in [0.15, 0.2) is 28.7 Å². The van der Waals surface area contributed by atoms with Crippen molar-refractivity contribution in [1.29, 1.82) is 0 Å². The van der Waals surface area contributed by atoms with Crippen molar-refractivity contribution in [1.82, 2.24) is 10.2 Å². The third kappa shape index (κ3) is 4.05. The van der Waals surface area contributed by atoms with Gasteiger partial charge in [-0.1, -0.05) is 28.1 Å². The first kappa shape index (κ1) is 15.0. The van der Waals surface area contributed by atoms with Crippen molar-refractivity contribution in [2.75, 3.05) is 26.7 Å². The van der Waals surface area contributed by atoms with Crippen LogP contribution in [0.4, 0.5) is 4.79 Å². The molecule has 2 rings (SSSR count). The number of halogens is 1. The Labute approximate surface area is 126 Å². The Morgan fingerprint density at radius 3 is 2.75 bits per heavy atom. The highest BCUT2D eigenvalue weighted by Crippen LogP contribution is 2.13.